The first-order valence-corrected chi connectivity index (χ1v) is 5.72. The first kappa shape index (κ1) is 13.8. The highest BCUT2D eigenvalue weighted by Crippen LogP contribution is 2.19. The zero-order valence-electron chi connectivity index (χ0n) is 10.6. The Balaban J connectivity index is 2.05. The maximum atomic E-state index is 13.5. The summed E-state index contributed by atoms with van der Waals surface area (Å²) in [5, 5.41) is 8.69. The number of ether oxygens (including phenoxy) is 1. The van der Waals surface area contributed by atoms with Crippen molar-refractivity contribution in [3.05, 3.63) is 53.2 Å². The molecule has 1 N–H and O–H groups in total. The van der Waals surface area contributed by atoms with Crippen LogP contribution in [0.4, 0.5) is 4.39 Å². The Morgan fingerprint density at radius 2 is 2.05 bits per heavy atom. The van der Waals surface area contributed by atoms with Crippen molar-refractivity contribution in [2.75, 3.05) is 0 Å². The van der Waals surface area contributed by atoms with Gasteiger partial charge >= 0.3 is 5.97 Å². The Bertz CT molecular complexity index is 659. The number of ketones is 1. The first-order chi connectivity index (χ1) is 9.47. The number of carboxylic acids is 1. The van der Waals surface area contributed by atoms with Gasteiger partial charge in [-0.25, -0.2) is 9.18 Å². The van der Waals surface area contributed by atoms with Gasteiger partial charge in [0, 0.05) is 6.07 Å². The number of furan rings is 1. The van der Waals surface area contributed by atoms with E-state index in [9.17, 15) is 14.0 Å². The molecule has 20 heavy (non-hydrogen) atoms. The molecule has 2 rings (SSSR count). The Morgan fingerprint density at radius 1 is 1.30 bits per heavy atom. The minimum Gasteiger partial charge on any atom is -0.486 e. The molecule has 1 aromatic carbocycles. The molecule has 0 unspecified atom stereocenters. The number of rotatable bonds is 5. The SMILES string of the molecule is CC(=O)c1ccc(OCc2ccc(C(=O)O)o2)cc1F. The van der Waals surface area contributed by atoms with Gasteiger partial charge in [0.1, 0.15) is 23.9 Å². The number of hydrogen-bond acceptors (Lipinski definition) is 4. The fourth-order valence-electron chi connectivity index (χ4n) is 1.60. The van der Waals surface area contributed by atoms with Crippen molar-refractivity contribution in [2.24, 2.45) is 0 Å². The molecule has 0 amide bonds. The zero-order chi connectivity index (χ0) is 14.7. The number of carbonyl (C=O) groups is 2. The number of halogens is 1. The summed E-state index contributed by atoms with van der Waals surface area (Å²) < 4.78 is 23.8. The third kappa shape index (κ3) is 3.03. The van der Waals surface area contributed by atoms with E-state index in [-0.39, 0.29) is 29.5 Å². The van der Waals surface area contributed by atoms with Gasteiger partial charge in [0.15, 0.2) is 5.78 Å². The Morgan fingerprint density at radius 3 is 2.60 bits per heavy atom. The molecule has 0 aliphatic carbocycles. The summed E-state index contributed by atoms with van der Waals surface area (Å²) in [4.78, 5) is 21.7. The maximum absolute atomic E-state index is 13.5. The molecule has 0 saturated heterocycles. The Hall–Kier alpha value is -2.63. The molecule has 0 radical (unpaired) electrons. The summed E-state index contributed by atoms with van der Waals surface area (Å²) in [6, 6.07) is 6.65. The Kier molecular flexibility index (Phi) is 3.84. The van der Waals surface area contributed by atoms with E-state index in [1.165, 1.54) is 31.2 Å². The molecular weight excluding hydrogens is 267 g/mol. The van der Waals surface area contributed by atoms with Gasteiger partial charge in [0.25, 0.3) is 0 Å². The van der Waals surface area contributed by atoms with Crippen LogP contribution in [0.15, 0.2) is 34.7 Å². The van der Waals surface area contributed by atoms with E-state index in [0.29, 0.717) is 5.76 Å². The van der Waals surface area contributed by atoms with Crippen LogP contribution in [0.1, 0.15) is 33.6 Å². The first-order valence-electron chi connectivity index (χ1n) is 5.72. The molecule has 5 nitrogen and oxygen atoms in total. The number of aromatic carboxylic acids is 1. The molecule has 2 aromatic rings. The van der Waals surface area contributed by atoms with Crippen molar-refractivity contribution >= 4 is 11.8 Å². The molecule has 0 aliphatic rings. The lowest BCUT2D eigenvalue weighted by Gasteiger charge is -2.05. The van der Waals surface area contributed by atoms with Crippen LogP contribution in [0.3, 0.4) is 0 Å². The van der Waals surface area contributed by atoms with Crippen molar-refractivity contribution < 1.29 is 28.2 Å². The van der Waals surface area contributed by atoms with E-state index in [1.54, 1.807) is 0 Å². The van der Waals surface area contributed by atoms with Gasteiger partial charge in [0.2, 0.25) is 5.76 Å². The topological polar surface area (TPSA) is 76.7 Å². The second-order valence-corrected chi connectivity index (χ2v) is 4.06. The van der Waals surface area contributed by atoms with Crippen LogP contribution >= 0.6 is 0 Å². The quantitative estimate of drug-likeness (QED) is 0.851. The number of carbonyl (C=O) groups excluding carboxylic acids is 1. The molecule has 1 heterocycles. The van der Waals surface area contributed by atoms with Crippen LogP contribution in [-0.4, -0.2) is 16.9 Å². The third-order valence-electron chi connectivity index (χ3n) is 2.57. The highest BCUT2D eigenvalue weighted by atomic mass is 19.1. The van der Waals surface area contributed by atoms with E-state index in [4.69, 9.17) is 14.3 Å². The van der Waals surface area contributed by atoms with Crippen LogP contribution < -0.4 is 4.74 Å². The van der Waals surface area contributed by atoms with E-state index < -0.39 is 11.8 Å². The number of hydrogen-bond donors (Lipinski definition) is 1. The number of carboxylic acid groups (broad SMARTS) is 1. The molecule has 0 spiro atoms. The monoisotopic (exact) mass is 278 g/mol. The van der Waals surface area contributed by atoms with E-state index in [2.05, 4.69) is 0 Å². The zero-order valence-corrected chi connectivity index (χ0v) is 10.6. The Labute approximate surface area is 113 Å². The second kappa shape index (κ2) is 5.56. The van der Waals surface area contributed by atoms with Crippen LogP contribution in [0, 0.1) is 5.82 Å². The van der Waals surface area contributed by atoms with Crippen molar-refractivity contribution in [3.63, 3.8) is 0 Å². The summed E-state index contributed by atoms with van der Waals surface area (Å²) in [6.45, 7) is 1.24. The lowest BCUT2D eigenvalue weighted by molar-refractivity contribution is 0.0658. The molecule has 0 saturated carbocycles. The van der Waals surface area contributed by atoms with Crippen LogP contribution in [0.25, 0.3) is 0 Å². The highest BCUT2D eigenvalue weighted by Gasteiger charge is 2.11. The minimum absolute atomic E-state index is 0.0106. The lowest BCUT2D eigenvalue weighted by atomic mass is 10.1. The molecule has 104 valence electrons. The lowest BCUT2D eigenvalue weighted by Crippen LogP contribution is -1.99. The van der Waals surface area contributed by atoms with Crippen LogP contribution in [0.2, 0.25) is 0 Å². The minimum atomic E-state index is -1.17. The van der Waals surface area contributed by atoms with Gasteiger partial charge in [-0.15, -0.1) is 0 Å². The summed E-state index contributed by atoms with van der Waals surface area (Å²) in [7, 11) is 0. The van der Waals surface area contributed by atoms with Crippen LogP contribution in [-0.2, 0) is 6.61 Å². The predicted octanol–water partition coefficient (Wildman–Crippen LogP) is 2.90. The maximum Gasteiger partial charge on any atom is 0.371 e. The van der Waals surface area contributed by atoms with Gasteiger partial charge in [0.05, 0.1) is 5.56 Å². The van der Waals surface area contributed by atoms with Crippen molar-refractivity contribution in [3.8, 4) is 5.75 Å². The van der Waals surface area contributed by atoms with Gasteiger partial charge in [-0.1, -0.05) is 0 Å². The molecule has 6 heteroatoms. The summed E-state index contributed by atoms with van der Waals surface area (Å²) in [6.07, 6.45) is 0. The van der Waals surface area contributed by atoms with Gasteiger partial charge in [-0.05, 0) is 31.2 Å². The van der Waals surface area contributed by atoms with Crippen molar-refractivity contribution in [1.29, 1.82) is 0 Å². The summed E-state index contributed by atoms with van der Waals surface area (Å²) >= 11 is 0. The number of benzene rings is 1. The summed E-state index contributed by atoms with van der Waals surface area (Å²) in [5.41, 5.74) is -0.0106. The molecule has 0 fully saturated rings. The standard InChI is InChI=1S/C14H11FO5/c1-8(16)11-4-2-9(6-12(11)15)19-7-10-3-5-13(20-10)14(17)18/h2-6H,7H2,1H3,(H,17,18). The summed E-state index contributed by atoms with van der Waals surface area (Å²) in [5.74, 6) is -1.87. The highest BCUT2D eigenvalue weighted by molar-refractivity contribution is 5.94. The third-order valence-corrected chi connectivity index (χ3v) is 2.57. The predicted molar refractivity (Wildman–Crippen MR) is 66.4 cm³/mol. The smallest absolute Gasteiger partial charge is 0.371 e. The van der Waals surface area contributed by atoms with Crippen molar-refractivity contribution in [1.82, 2.24) is 0 Å². The normalized spacial score (nSPS) is 10.3. The van der Waals surface area contributed by atoms with Gasteiger partial charge < -0.3 is 14.3 Å². The number of Topliss-reactive ketones (excluding diaryl/α,β-unsaturated/α-hetero) is 1. The van der Waals surface area contributed by atoms with Crippen molar-refractivity contribution in [2.45, 2.75) is 13.5 Å². The van der Waals surface area contributed by atoms with E-state index in [1.807, 2.05) is 0 Å². The largest absolute Gasteiger partial charge is 0.486 e. The van der Waals surface area contributed by atoms with Gasteiger partial charge in [-0.3, -0.25) is 4.79 Å². The molecule has 0 bridgehead atoms. The average Bonchev–Trinajstić information content (AvgIpc) is 2.85. The fourth-order valence-corrected chi connectivity index (χ4v) is 1.60. The van der Waals surface area contributed by atoms with Gasteiger partial charge in [-0.2, -0.15) is 0 Å². The fraction of sp³-hybridized carbons (Fsp3) is 0.143. The van der Waals surface area contributed by atoms with E-state index in [0.717, 1.165) is 6.07 Å². The molecular formula is C14H11FO5. The van der Waals surface area contributed by atoms with E-state index >= 15 is 0 Å². The molecule has 0 atom stereocenters. The molecule has 1 aromatic heterocycles. The second-order valence-electron chi connectivity index (χ2n) is 4.06. The average molecular weight is 278 g/mol. The molecule has 0 aliphatic heterocycles. The van der Waals surface area contributed by atoms with Crippen LogP contribution in [0.5, 0.6) is 5.75 Å².